The van der Waals surface area contributed by atoms with Crippen molar-refractivity contribution < 1.29 is 27.4 Å². The summed E-state index contributed by atoms with van der Waals surface area (Å²) in [6, 6.07) is 0.887. The Balaban J connectivity index is 3.49. The van der Waals surface area contributed by atoms with Crippen LogP contribution in [-0.4, -0.2) is 27.7 Å². The highest BCUT2D eigenvalue weighted by Gasteiger charge is 2.23. The van der Waals surface area contributed by atoms with Gasteiger partial charge in [-0.15, -0.1) is 0 Å². The molecule has 0 aliphatic rings. The molecule has 0 fully saturated rings. The highest BCUT2D eigenvalue weighted by Crippen LogP contribution is 2.40. The van der Waals surface area contributed by atoms with Crippen LogP contribution in [0.2, 0.25) is 0 Å². The first-order chi connectivity index (χ1) is 7.80. The van der Waals surface area contributed by atoms with Gasteiger partial charge in [0.1, 0.15) is 0 Å². The van der Waals surface area contributed by atoms with Crippen LogP contribution in [0.5, 0.6) is 17.2 Å². The molecule has 0 saturated carbocycles. The molecule has 1 aromatic carbocycles. The van der Waals surface area contributed by atoms with Gasteiger partial charge in [0.15, 0.2) is 23.1 Å². The second kappa shape index (κ2) is 4.97. The molecule has 1 aromatic rings. The number of methoxy groups -OCH3 is 2. The number of hydrogen-bond acceptors (Lipinski definition) is 5. The van der Waals surface area contributed by atoms with E-state index < -0.39 is 26.4 Å². The van der Waals surface area contributed by atoms with Gasteiger partial charge in [0.25, 0.3) is 0 Å². The van der Waals surface area contributed by atoms with E-state index in [4.69, 9.17) is 20.2 Å². The molecule has 8 heteroatoms. The Morgan fingerprint density at radius 1 is 1.41 bits per heavy atom. The van der Waals surface area contributed by atoms with Crippen LogP contribution in [0.15, 0.2) is 6.07 Å². The molecule has 0 spiro atoms. The number of ether oxygens (including phenoxy) is 2. The monoisotopic (exact) mass is 284 g/mol. The molecule has 0 atom stereocenters. The number of rotatable bonds is 4. The summed E-state index contributed by atoms with van der Waals surface area (Å²) in [5, 5.41) is 9.46. The van der Waals surface area contributed by atoms with Crippen LogP contribution < -0.4 is 9.47 Å². The summed E-state index contributed by atoms with van der Waals surface area (Å²) >= 11 is 0. The van der Waals surface area contributed by atoms with E-state index in [0.717, 1.165) is 6.07 Å². The standard InChI is InChI=1S/C9H10ClFO5S/c1-15-7-3-6(11)8(12)5(9(7)16-2)4-17(10,13)14/h3,12H,4H2,1-2H3. The third-order valence-electron chi connectivity index (χ3n) is 2.01. The Morgan fingerprint density at radius 2 is 2.00 bits per heavy atom. The van der Waals surface area contributed by atoms with Crippen molar-refractivity contribution in [1.29, 1.82) is 0 Å². The molecule has 17 heavy (non-hydrogen) atoms. The minimum absolute atomic E-state index is 0.0295. The SMILES string of the molecule is COc1cc(F)c(O)c(CS(=O)(=O)Cl)c1OC. The first-order valence-electron chi connectivity index (χ1n) is 4.34. The molecule has 0 unspecified atom stereocenters. The first-order valence-corrected chi connectivity index (χ1v) is 6.82. The van der Waals surface area contributed by atoms with Gasteiger partial charge in [0.05, 0.1) is 25.5 Å². The summed E-state index contributed by atoms with van der Waals surface area (Å²) in [4.78, 5) is 0. The first kappa shape index (κ1) is 13.9. The second-order valence-electron chi connectivity index (χ2n) is 3.10. The van der Waals surface area contributed by atoms with Crippen molar-refractivity contribution in [3.8, 4) is 17.2 Å². The zero-order valence-electron chi connectivity index (χ0n) is 9.03. The summed E-state index contributed by atoms with van der Waals surface area (Å²) in [7, 11) is 3.59. The van der Waals surface area contributed by atoms with Gasteiger partial charge in [-0.1, -0.05) is 0 Å². The number of aromatic hydroxyl groups is 1. The van der Waals surface area contributed by atoms with Gasteiger partial charge in [-0.3, -0.25) is 0 Å². The number of phenols is 1. The third kappa shape index (κ3) is 3.13. The van der Waals surface area contributed by atoms with E-state index in [2.05, 4.69) is 0 Å². The zero-order valence-corrected chi connectivity index (χ0v) is 10.6. The Labute approximate surface area is 102 Å². The van der Waals surface area contributed by atoms with E-state index in [9.17, 15) is 17.9 Å². The van der Waals surface area contributed by atoms with Gasteiger partial charge >= 0.3 is 0 Å². The van der Waals surface area contributed by atoms with Gasteiger partial charge < -0.3 is 14.6 Å². The molecule has 1 N–H and O–H groups in total. The van der Waals surface area contributed by atoms with Crippen molar-refractivity contribution in [3.63, 3.8) is 0 Å². The lowest BCUT2D eigenvalue weighted by Gasteiger charge is -2.13. The molecule has 0 saturated heterocycles. The van der Waals surface area contributed by atoms with Crippen LogP contribution >= 0.6 is 10.7 Å². The molecule has 0 radical (unpaired) electrons. The van der Waals surface area contributed by atoms with Gasteiger partial charge in [-0.05, 0) is 0 Å². The summed E-state index contributed by atoms with van der Waals surface area (Å²) in [6.07, 6.45) is 0. The van der Waals surface area contributed by atoms with E-state index in [1.54, 1.807) is 0 Å². The summed E-state index contributed by atoms with van der Waals surface area (Å²) in [5.41, 5.74) is -0.278. The summed E-state index contributed by atoms with van der Waals surface area (Å²) in [6.45, 7) is 0. The minimum Gasteiger partial charge on any atom is -0.505 e. The van der Waals surface area contributed by atoms with Crippen LogP contribution in [0.25, 0.3) is 0 Å². The van der Waals surface area contributed by atoms with Crippen LogP contribution in [-0.2, 0) is 14.8 Å². The fraction of sp³-hybridized carbons (Fsp3) is 0.333. The molecule has 0 aliphatic carbocycles. The molecular formula is C9H10ClFO5S. The summed E-state index contributed by atoms with van der Waals surface area (Å²) in [5.74, 6) is -2.71. The van der Waals surface area contributed by atoms with Crippen molar-refractivity contribution >= 4 is 19.7 Å². The number of phenolic OH excluding ortho intramolecular Hbond substituents is 1. The molecule has 0 bridgehead atoms. The fourth-order valence-electron chi connectivity index (χ4n) is 1.33. The van der Waals surface area contributed by atoms with Gasteiger partial charge in [-0.25, -0.2) is 12.8 Å². The molecule has 5 nitrogen and oxygen atoms in total. The number of hydrogen-bond donors (Lipinski definition) is 1. The van der Waals surface area contributed by atoms with Crippen LogP contribution in [0, 0.1) is 5.82 Å². The van der Waals surface area contributed by atoms with E-state index in [-0.39, 0.29) is 17.1 Å². The third-order valence-corrected chi connectivity index (χ3v) is 2.97. The molecule has 1 rings (SSSR count). The van der Waals surface area contributed by atoms with Crippen molar-refractivity contribution in [2.24, 2.45) is 0 Å². The zero-order chi connectivity index (χ0) is 13.2. The predicted molar refractivity (Wildman–Crippen MR) is 59.6 cm³/mol. The quantitative estimate of drug-likeness (QED) is 0.851. The van der Waals surface area contributed by atoms with Crippen LogP contribution in [0.1, 0.15) is 5.56 Å². The van der Waals surface area contributed by atoms with Crippen molar-refractivity contribution in [2.45, 2.75) is 5.75 Å². The van der Waals surface area contributed by atoms with E-state index in [1.165, 1.54) is 14.2 Å². The highest BCUT2D eigenvalue weighted by atomic mass is 35.7. The smallest absolute Gasteiger partial charge is 0.237 e. The maximum Gasteiger partial charge on any atom is 0.237 e. The van der Waals surface area contributed by atoms with E-state index in [1.807, 2.05) is 0 Å². The topological polar surface area (TPSA) is 72.8 Å². The van der Waals surface area contributed by atoms with Crippen molar-refractivity contribution in [1.82, 2.24) is 0 Å². The molecular weight excluding hydrogens is 275 g/mol. The minimum atomic E-state index is -3.96. The molecule has 0 aromatic heterocycles. The Hall–Kier alpha value is -1.21. The Morgan fingerprint density at radius 3 is 2.41 bits per heavy atom. The molecule has 96 valence electrons. The molecule has 0 heterocycles. The fourth-order valence-corrected chi connectivity index (χ4v) is 2.27. The maximum absolute atomic E-state index is 13.3. The summed E-state index contributed by atoms with van der Waals surface area (Å²) < 4.78 is 44.9. The lowest BCUT2D eigenvalue weighted by molar-refractivity contribution is 0.341. The maximum atomic E-state index is 13.3. The Kier molecular flexibility index (Phi) is 4.05. The van der Waals surface area contributed by atoms with Crippen LogP contribution in [0.4, 0.5) is 4.39 Å². The van der Waals surface area contributed by atoms with Gasteiger partial charge in [0.2, 0.25) is 9.05 Å². The lowest BCUT2D eigenvalue weighted by atomic mass is 10.1. The van der Waals surface area contributed by atoms with Gasteiger partial charge in [-0.2, -0.15) is 0 Å². The average molecular weight is 285 g/mol. The van der Waals surface area contributed by atoms with E-state index >= 15 is 0 Å². The number of halogens is 2. The largest absolute Gasteiger partial charge is 0.505 e. The predicted octanol–water partition coefficient (Wildman–Crippen LogP) is 1.62. The molecule has 0 amide bonds. The van der Waals surface area contributed by atoms with Crippen molar-refractivity contribution in [2.75, 3.05) is 14.2 Å². The average Bonchev–Trinajstić information content (AvgIpc) is 2.22. The Bertz CT molecular complexity index is 529. The molecule has 0 aliphatic heterocycles. The second-order valence-corrected chi connectivity index (χ2v) is 5.88. The van der Waals surface area contributed by atoms with E-state index in [0.29, 0.717) is 0 Å². The van der Waals surface area contributed by atoms with Crippen LogP contribution in [0.3, 0.4) is 0 Å². The highest BCUT2D eigenvalue weighted by molar-refractivity contribution is 8.13. The normalized spacial score (nSPS) is 11.3. The van der Waals surface area contributed by atoms with Crippen molar-refractivity contribution in [3.05, 3.63) is 17.4 Å². The number of benzene rings is 1. The van der Waals surface area contributed by atoms with Gasteiger partial charge in [0, 0.05) is 16.7 Å². The lowest BCUT2D eigenvalue weighted by Crippen LogP contribution is -2.02.